The van der Waals surface area contributed by atoms with E-state index in [0.29, 0.717) is 5.39 Å². The number of benzene rings is 1. The highest BCUT2D eigenvalue weighted by atomic mass is 19.4. The average molecular weight is 280 g/mol. The maximum Gasteiger partial charge on any atom is 0.418 e. The van der Waals surface area contributed by atoms with Crippen LogP contribution in [0.4, 0.5) is 13.2 Å². The molecule has 1 saturated carbocycles. The number of rotatable bonds is 1. The minimum Gasteiger partial charge on any atom is -0.321 e. The Bertz CT molecular complexity index is 643. The van der Waals surface area contributed by atoms with Crippen molar-refractivity contribution in [3.63, 3.8) is 0 Å². The van der Waals surface area contributed by atoms with Gasteiger partial charge in [-0.15, -0.1) is 0 Å². The van der Waals surface area contributed by atoms with Crippen LogP contribution in [-0.2, 0) is 11.7 Å². The summed E-state index contributed by atoms with van der Waals surface area (Å²) in [5, 5.41) is 0.673. The second-order valence-electron chi connectivity index (χ2n) is 5.48. The Labute approximate surface area is 114 Å². The van der Waals surface area contributed by atoms with Gasteiger partial charge in [0.2, 0.25) is 0 Å². The minimum absolute atomic E-state index is 0.179. The molecule has 0 spiro atoms. The van der Waals surface area contributed by atoms with Crippen LogP contribution in [0.3, 0.4) is 0 Å². The number of aromatic nitrogens is 1. The summed E-state index contributed by atoms with van der Waals surface area (Å²) in [5.41, 5.74) is 6.16. The summed E-state index contributed by atoms with van der Waals surface area (Å²) in [6.45, 7) is 0. The number of fused-ring (bicyclic) bond motifs is 1. The molecule has 1 heterocycles. The van der Waals surface area contributed by atoms with E-state index in [0.717, 1.165) is 37.4 Å². The second kappa shape index (κ2) is 4.45. The Balaban J connectivity index is 2.14. The molecule has 2 nitrogen and oxygen atoms in total. The molecular formula is C15H15F3N2. The quantitative estimate of drug-likeness (QED) is 0.858. The molecule has 1 aliphatic rings. The van der Waals surface area contributed by atoms with E-state index in [-0.39, 0.29) is 5.39 Å². The SMILES string of the molecule is NC1(c2ccc3c(C(F)(F)F)cncc3c2)CCCC1. The predicted octanol–water partition coefficient (Wildman–Crippen LogP) is 3.98. The van der Waals surface area contributed by atoms with E-state index < -0.39 is 17.3 Å². The van der Waals surface area contributed by atoms with E-state index in [2.05, 4.69) is 4.98 Å². The largest absolute Gasteiger partial charge is 0.418 e. The third kappa shape index (κ3) is 2.16. The molecule has 0 radical (unpaired) electrons. The fourth-order valence-corrected chi connectivity index (χ4v) is 3.01. The zero-order valence-corrected chi connectivity index (χ0v) is 10.9. The standard InChI is InChI=1S/C15H15F3N2/c16-15(17,18)13-9-20-8-10-7-11(3-4-12(10)13)14(19)5-1-2-6-14/h3-4,7-9H,1-2,5-6,19H2. The van der Waals surface area contributed by atoms with Crippen LogP contribution >= 0.6 is 0 Å². The van der Waals surface area contributed by atoms with Gasteiger partial charge in [0.05, 0.1) is 5.56 Å². The van der Waals surface area contributed by atoms with Crippen molar-refractivity contribution < 1.29 is 13.2 Å². The molecule has 106 valence electrons. The van der Waals surface area contributed by atoms with Crippen molar-refractivity contribution in [2.75, 3.05) is 0 Å². The molecule has 20 heavy (non-hydrogen) atoms. The van der Waals surface area contributed by atoms with Gasteiger partial charge in [0, 0.05) is 23.3 Å². The molecule has 5 heteroatoms. The number of hydrogen-bond donors (Lipinski definition) is 1. The van der Waals surface area contributed by atoms with Crippen molar-refractivity contribution in [2.24, 2.45) is 5.73 Å². The number of alkyl halides is 3. The Hall–Kier alpha value is -1.62. The van der Waals surface area contributed by atoms with Gasteiger partial charge in [-0.05, 0) is 29.9 Å². The van der Waals surface area contributed by atoms with Crippen LogP contribution in [0.25, 0.3) is 10.8 Å². The van der Waals surface area contributed by atoms with Gasteiger partial charge in [0.25, 0.3) is 0 Å². The van der Waals surface area contributed by atoms with E-state index in [4.69, 9.17) is 5.73 Å². The number of halogens is 3. The van der Waals surface area contributed by atoms with Gasteiger partial charge in [0.15, 0.2) is 0 Å². The van der Waals surface area contributed by atoms with Crippen LogP contribution in [0.15, 0.2) is 30.6 Å². The summed E-state index contributed by atoms with van der Waals surface area (Å²) in [7, 11) is 0. The maximum atomic E-state index is 12.9. The van der Waals surface area contributed by atoms with E-state index in [9.17, 15) is 13.2 Å². The number of hydrogen-bond acceptors (Lipinski definition) is 2. The summed E-state index contributed by atoms with van der Waals surface area (Å²) >= 11 is 0. The van der Waals surface area contributed by atoms with Crippen LogP contribution in [0.1, 0.15) is 36.8 Å². The average Bonchev–Trinajstić information content (AvgIpc) is 2.84. The van der Waals surface area contributed by atoms with E-state index in [1.807, 2.05) is 0 Å². The van der Waals surface area contributed by atoms with Crippen molar-refractivity contribution in [2.45, 2.75) is 37.4 Å². The van der Waals surface area contributed by atoms with Gasteiger partial charge in [0.1, 0.15) is 0 Å². The Kier molecular flexibility index (Phi) is 2.97. The Morgan fingerprint density at radius 3 is 2.45 bits per heavy atom. The first kappa shape index (κ1) is 13.4. The van der Waals surface area contributed by atoms with E-state index in [1.54, 1.807) is 12.1 Å². The lowest BCUT2D eigenvalue weighted by Gasteiger charge is -2.24. The zero-order valence-electron chi connectivity index (χ0n) is 10.9. The van der Waals surface area contributed by atoms with Gasteiger partial charge in [-0.2, -0.15) is 13.2 Å². The molecule has 1 fully saturated rings. The minimum atomic E-state index is -4.39. The third-order valence-electron chi connectivity index (χ3n) is 4.14. The molecule has 2 aromatic rings. The summed E-state index contributed by atoms with van der Waals surface area (Å²) in [6, 6.07) is 4.99. The number of pyridine rings is 1. The number of nitrogens with two attached hydrogens (primary N) is 1. The van der Waals surface area contributed by atoms with Crippen LogP contribution in [-0.4, -0.2) is 4.98 Å². The maximum absolute atomic E-state index is 12.9. The Morgan fingerprint density at radius 1 is 1.10 bits per heavy atom. The van der Waals surface area contributed by atoms with Crippen molar-refractivity contribution in [3.05, 3.63) is 41.7 Å². The number of nitrogens with zero attached hydrogens (tertiary/aromatic N) is 1. The summed E-state index contributed by atoms with van der Waals surface area (Å²) in [4.78, 5) is 3.71. The van der Waals surface area contributed by atoms with Gasteiger partial charge < -0.3 is 5.73 Å². The topological polar surface area (TPSA) is 38.9 Å². The molecule has 0 saturated heterocycles. The molecule has 1 aromatic heterocycles. The molecule has 0 aliphatic heterocycles. The molecule has 2 N–H and O–H groups in total. The Morgan fingerprint density at radius 2 is 1.80 bits per heavy atom. The normalized spacial score (nSPS) is 18.6. The summed E-state index contributed by atoms with van der Waals surface area (Å²) in [6.07, 6.45) is 1.84. The zero-order chi connectivity index (χ0) is 14.4. The van der Waals surface area contributed by atoms with Crippen molar-refractivity contribution in [1.82, 2.24) is 4.98 Å². The molecule has 0 bridgehead atoms. The molecule has 0 atom stereocenters. The first-order chi connectivity index (χ1) is 9.40. The molecule has 0 amide bonds. The molecule has 1 aliphatic carbocycles. The lowest BCUT2D eigenvalue weighted by molar-refractivity contribution is -0.136. The predicted molar refractivity (Wildman–Crippen MR) is 71.1 cm³/mol. The van der Waals surface area contributed by atoms with Crippen LogP contribution in [0.5, 0.6) is 0 Å². The van der Waals surface area contributed by atoms with Crippen molar-refractivity contribution >= 4 is 10.8 Å². The smallest absolute Gasteiger partial charge is 0.321 e. The third-order valence-corrected chi connectivity index (χ3v) is 4.14. The lowest BCUT2D eigenvalue weighted by atomic mass is 9.88. The first-order valence-corrected chi connectivity index (χ1v) is 6.64. The van der Waals surface area contributed by atoms with Gasteiger partial charge in [-0.3, -0.25) is 4.98 Å². The second-order valence-corrected chi connectivity index (χ2v) is 5.48. The molecular weight excluding hydrogens is 265 g/mol. The highest BCUT2D eigenvalue weighted by Gasteiger charge is 2.34. The lowest BCUT2D eigenvalue weighted by Crippen LogP contribution is -2.32. The van der Waals surface area contributed by atoms with E-state index >= 15 is 0 Å². The fraction of sp³-hybridized carbons (Fsp3) is 0.400. The molecule has 1 aromatic carbocycles. The van der Waals surface area contributed by atoms with Gasteiger partial charge in [-0.25, -0.2) is 0 Å². The monoisotopic (exact) mass is 280 g/mol. The van der Waals surface area contributed by atoms with Gasteiger partial charge >= 0.3 is 6.18 Å². The fourth-order valence-electron chi connectivity index (χ4n) is 3.01. The highest BCUT2D eigenvalue weighted by Crippen LogP contribution is 2.39. The van der Waals surface area contributed by atoms with E-state index in [1.165, 1.54) is 12.3 Å². The first-order valence-electron chi connectivity index (χ1n) is 6.64. The van der Waals surface area contributed by atoms with Crippen molar-refractivity contribution in [1.29, 1.82) is 0 Å². The summed E-state index contributed by atoms with van der Waals surface area (Å²) in [5.74, 6) is 0. The molecule has 0 unspecified atom stereocenters. The van der Waals surface area contributed by atoms with Crippen molar-refractivity contribution in [3.8, 4) is 0 Å². The van der Waals surface area contributed by atoms with Crippen LogP contribution in [0, 0.1) is 0 Å². The summed E-state index contributed by atoms with van der Waals surface area (Å²) < 4.78 is 38.8. The van der Waals surface area contributed by atoms with Gasteiger partial charge in [-0.1, -0.05) is 25.0 Å². The van der Waals surface area contributed by atoms with Crippen LogP contribution in [0.2, 0.25) is 0 Å². The highest BCUT2D eigenvalue weighted by molar-refractivity contribution is 5.86. The van der Waals surface area contributed by atoms with Crippen LogP contribution < -0.4 is 5.73 Å². The molecule has 3 rings (SSSR count).